The maximum Gasteiger partial charge on any atom is 0.273 e. The van der Waals surface area contributed by atoms with Crippen molar-refractivity contribution in [1.82, 2.24) is 24.4 Å². The highest BCUT2D eigenvalue weighted by molar-refractivity contribution is 5.78. The molecule has 0 aliphatic heterocycles. The number of rotatable bonds is 2. The predicted molar refractivity (Wildman–Crippen MR) is 83.5 cm³/mol. The summed E-state index contributed by atoms with van der Waals surface area (Å²) in [5.74, 6) is 0. The van der Waals surface area contributed by atoms with Crippen LogP contribution in [-0.2, 0) is 7.05 Å². The summed E-state index contributed by atoms with van der Waals surface area (Å²) < 4.78 is 3.14. The molecule has 3 aromatic heterocycles. The van der Waals surface area contributed by atoms with Crippen LogP contribution in [0.2, 0.25) is 0 Å². The predicted octanol–water partition coefficient (Wildman–Crippen LogP) is 2.09. The van der Waals surface area contributed by atoms with Gasteiger partial charge in [-0.25, -0.2) is 9.50 Å². The Balaban J connectivity index is 1.98. The van der Waals surface area contributed by atoms with Crippen LogP contribution in [0.1, 0.15) is 0 Å². The number of benzene rings is 1. The van der Waals surface area contributed by atoms with Gasteiger partial charge >= 0.3 is 0 Å². The molecule has 4 rings (SSSR count). The minimum absolute atomic E-state index is 0.147. The molecule has 0 spiro atoms. The van der Waals surface area contributed by atoms with Gasteiger partial charge < -0.3 is 0 Å². The fraction of sp³-hybridized carbons (Fsp3) is 0.0625. The fourth-order valence-corrected chi connectivity index (χ4v) is 2.51. The van der Waals surface area contributed by atoms with E-state index in [1.54, 1.807) is 17.1 Å². The van der Waals surface area contributed by atoms with Crippen molar-refractivity contribution in [2.45, 2.75) is 0 Å². The molecule has 6 nitrogen and oxygen atoms in total. The summed E-state index contributed by atoms with van der Waals surface area (Å²) in [4.78, 5) is 16.9. The van der Waals surface area contributed by atoms with Crippen molar-refractivity contribution in [3.63, 3.8) is 0 Å². The molecule has 0 bridgehead atoms. The van der Waals surface area contributed by atoms with Crippen LogP contribution in [0, 0.1) is 0 Å². The maximum absolute atomic E-state index is 12.3. The van der Waals surface area contributed by atoms with E-state index in [1.165, 1.54) is 10.6 Å². The van der Waals surface area contributed by atoms with E-state index in [-0.39, 0.29) is 5.56 Å². The second kappa shape index (κ2) is 4.70. The zero-order valence-electron chi connectivity index (χ0n) is 11.9. The minimum atomic E-state index is -0.147. The smallest absolute Gasteiger partial charge is 0.273 e. The number of fused-ring (bicyclic) bond motifs is 1. The van der Waals surface area contributed by atoms with Crippen molar-refractivity contribution in [3.05, 3.63) is 65.3 Å². The molecule has 0 aliphatic rings. The van der Waals surface area contributed by atoms with Crippen LogP contribution in [0.4, 0.5) is 0 Å². The first-order valence-corrected chi connectivity index (χ1v) is 6.88. The molecule has 108 valence electrons. The summed E-state index contributed by atoms with van der Waals surface area (Å²) in [6, 6.07) is 11.4. The van der Waals surface area contributed by atoms with E-state index in [9.17, 15) is 4.79 Å². The molecule has 0 unspecified atom stereocenters. The second-order valence-corrected chi connectivity index (χ2v) is 5.09. The van der Waals surface area contributed by atoms with E-state index in [0.29, 0.717) is 11.3 Å². The average molecular weight is 291 g/mol. The van der Waals surface area contributed by atoms with E-state index in [0.717, 1.165) is 16.7 Å². The van der Waals surface area contributed by atoms with Crippen LogP contribution in [0.15, 0.2) is 59.8 Å². The molecule has 0 amide bonds. The summed E-state index contributed by atoms with van der Waals surface area (Å²) in [5.41, 5.74) is 3.81. The van der Waals surface area contributed by atoms with E-state index >= 15 is 0 Å². The van der Waals surface area contributed by atoms with Gasteiger partial charge in [-0.1, -0.05) is 30.3 Å². The quantitative estimate of drug-likeness (QED) is 0.615. The van der Waals surface area contributed by atoms with Crippen molar-refractivity contribution in [2.75, 3.05) is 0 Å². The van der Waals surface area contributed by atoms with Gasteiger partial charge in [0.1, 0.15) is 0 Å². The third-order valence-corrected chi connectivity index (χ3v) is 3.58. The van der Waals surface area contributed by atoms with Crippen LogP contribution in [0.3, 0.4) is 0 Å². The highest BCUT2D eigenvalue weighted by Crippen LogP contribution is 2.24. The largest absolute Gasteiger partial charge is 0.296 e. The lowest BCUT2D eigenvalue weighted by atomic mass is 10.1. The van der Waals surface area contributed by atoms with E-state index < -0.39 is 0 Å². The van der Waals surface area contributed by atoms with Crippen molar-refractivity contribution in [1.29, 1.82) is 0 Å². The van der Waals surface area contributed by atoms with Gasteiger partial charge in [0.15, 0.2) is 5.65 Å². The highest BCUT2D eigenvalue weighted by Gasteiger charge is 2.12. The van der Waals surface area contributed by atoms with Crippen molar-refractivity contribution in [2.24, 2.45) is 7.05 Å². The molecule has 0 radical (unpaired) electrons. The lowest BCUT2D eigenvalue weighted by Crippen LogP contribution is -2.14. The van der Waals surface area contributed by atoms with Gasteiger partial charge in [-0.3, -0.25) is 14.6 Å². The number of aromatic nitrogens is 5. The monoisotopic (exact) mass is 291 g/mol. The number of H-pyrrole nitrogens is 1. The van der Waals surface area contributed by atoms with Gasteiger partial charge in [0.2, 0.25) is 0 Å². The summed E-state index contributed by atoms with van der Waals surface area (Å²) in [6.45, 7) is 0. The number of aryl methyl sites for hydroxylation is 1. The number of nitrogens with one attached hydrogen (secondary N) is 1. The third-order valence-electron chi connectivity index (χ3n) is 3.58. The van der Waals surface area contributed by atoms with Crippen LogP contribution in [-0.4, -0.2) is 24.4 Å². The van der Waals surface area contributed by atoms with E-state index in [1.807, 2.05) is 43.6 Å². The van der Waals surface area contributed by atoms with Gasteiger partial charge in [-0.2, -0.15) is 5.10 Å². The van der Waals surface area contributed by atoms with E-state index in [2.05, 4.69) is 15.2 Å². The van der Waals surface area contributed by atoms with Gasteiger partial charge in [-0.15, -0.1) is 0 Å². The number of hydrogen-bond acceptors (Lipinski definition) is 3. The summed E-state index contributed by atoms with van der Waals surface area (Å²) >= 11 is 0. The zero-order valence-corrected chi connectivity index (χ0v) is 11.9. The summed E-state index contributed by atoms with van der Waals surface area (Å²) in [7, 11) is 1.83. The topological polar surface area (TPSA) is 68.0 Å². The highest BCUT2D eigenvalue weighted by atomic mass is 16.1. The van der Waals surface area contributed by atoms with Gasteiger partial charge in [0, 0.05) is 36.6 Å². The first kappa shape index (κ1) is 12.6. The minimum Gasteiger partial charge on any atom is -0.296 e. The third kappa shape index (κ3) is 1.93. The fourth-order valence-electron chi connectivity index (χ4n) is 2.51. The standard InChI is InChI=1S/C16H13N5O/c1-20-10-12(8-17-20)14-7-15(22)21-16(19-14)13(9-18-21)11-5-3-2-4-6-11/h2-10,18H,1H3. The number of hydrogen-bond donors (Lipinski definition) is 1. The van der Waals surface area contributed by atoms with Crippen LogP contribution < -0.4 is 5.56 Å². The van der Waals surface area contributed by atoms with Crippen molar-refractivity contribution >= 4 is 5.65 Å². The molecule has 0 aliphatic carbocycles. The Bertz CT molecular complexity index is 1010. The first-order chi connectivity index (χ1) is 10.7. The molecular weight excluding hydrogens is 278 g/mol. The number of nitrogens with zero attached hydrogens (tertiary/aromatic N) is 4. The summed E-state index contributed by atoms with van der Waals surface area (Å²) in [5, 5.41) is 7.09. The van der Waals surface area contributed by atoms with Crippen LogP contribution >= 0.6 is 0 Å². The molecule has 0 saturated carbocycles. The van der Waals surface area contributed by atoms with Crippen molar-refractivity contribution < 1.29 is 0 Å². The zero-order chi connectivity index (χ0) is 15.1. The van der Waals surface area contributed by atoms with Gasteiger partial charge in [-0.05, 0) is 5.56 Å². The first-order valence-electron chi connectivity index (χ1n) is 6.88. The molecule has 1 aromatic carbocycles. The van der Waals surface area contributed by atoms with Crippen molar-refractivity contribution in [3.8, 4) is 22.4 Å². The SMILES string of the molecule is Cn1cc(-c2cc(=O)n3[nH]cc(-c4ccccc4)c3n2)cn1. The summed E-state index contributed by atoms with van der Waals surface area (Å²) in [6.07, 6.45) is 5.34. The Kier molecular flexibility index (Phi) is 2.69. The Morgan fingerprint density at radius 2 is 1.95 bits per heavy atom. The molecule has 0 saturated heterocycles. The average Bonchev–Trinajstić information content (AvgIpc) is 3.14. The molecule has 22 heavy (non-hydrogen) atoms. The number of aromatic amines is 1. The lowest BCUT2D eigenvalue weighted by Gasteiger charge is -2.01. The van der Waals surface area contributed by atoms with Crippen LogP contribution in [0.25, 0.3) is 28.0 Å². The molecule has 6 heteroatoms. The Morgan fingerprint density at radius 3 is 2.68 bits per heavy atom. The molecular formula is C16H13N5O. The normalized spacial score (nSPS) is 11.1. The second-order valence-electron chi connectivity index (χ2n) is 5.09. The molecule has 1 N–H and O–H groups in total. The van der Waals surface area contributed by atoms with Gasteiger partial charge in [0.05, 0.1) is 11.9 Å². The molecule has 4 aromatic rings. The molecule has 0 atom stereocenters. The maximum atomic E-state index is 12.3. The Hall–Kier alpha value is -3.15. The van der Waals surface area contributed by atoms with Gasteiger partial charge in [0.25, 0.3) is 5.56 Å². The lowest BCUT2D eigenvalue weighted by molar-refractivity contribution is 0.768. The van der Waals surface area contributed by atoms with Crippen LogP contribution in [0.5, 0.6) is 0 Å². The van der Waals surface area contributed by atoms with E-state index in [4.69, 9.17) is 0 Å². The molecule has 0 fully saturated rings. The Morgan fingerprint density at radius 1 is 1.14 bits per heavy atom. The molecule has 3 heterocycles. The Labute approximate surface area is 125 Å².